The number of aromatic nitrogens is 1. The fourth-order valence-electron chi connectivity index (χ4n) is 2.28. The summed E-state index contributed by atoms with van der Waals surface area (Å²) in [5.74, 6) is -0.121. The van der Waals surface area contributed by atoms with Gasteiger partial charge in [0.05, 0.1) is 23.3 Å². The molecular weight excluding hydrogens is 384 g/mol. The number of hydrogen-bond donors (Lipinski definition) is 3. The zero-order valence-corrected chi connectivity index (χ0v) is 15.4. The van der Waals surface area contributed by atoms with E-state index in [1.54, 1.807) is 30.6 Å². The number of amides is 2. The van der Waals surface area contributed by atoms with Gasteiger partial charge in [0.1, 0.15) is 0 Å². The summed E-state index contributed by atoms with van der Waals surface area (Å²) < 4.78 is 0.815. The van der Waals surface area contributed by atoms with E-state index >= 15 is 0 Å². The molecule has 25 heavy (non-hydrogen) atoms. The normalized spacial score (nSPS) is 10.3. The van der Waals surface area contributed by atoms with E-state index in [2.05, 4.69) is 31.5 Å². The lowest BCUT2D eigenvalue weighted by molar-refractivity contribution is -0.116. The van der Waals surface area contributed by atoms with E-state index < -0.39 is 0 Å². The minimum Gasteiger partial charge on any atom is -0.397 e. The lowest BCUT2D eigenvalue weighted by Gasteiger charge is -2.08. The minimum absolute atomic E-state index is 0.0542. The predicted octanol–water partition coefficient (Wildman–Crippen LogP) is 3.95. The predicted molar refractivity (Wildman–Crippen MR) is 103 cm³/mol. The molecule has 0 aliphatic rings. The number of hydrogen-bond acceptors (Lipinski definition) is 4. The Morgan fingerprint density at radius 1 is 1.00 bits per heavy atom. The average molecular weight is 405 g/mol. The van der Waals surface area contributed by atoms with Crippen LogP contribution in [-0.2, 0) is 9.59 Å². The molecule has 2 rings (SSSR count). The molecule has 1 aromatic heterocycles. The Balaban J connectivity index is 1.60. The summed E-state index contributed by atoms with van der Waals surface area (Å²) in [5.41, 5.74) is 7.63. The fraction of sp³-hybridized carbons (Fsp3) is 0.278. The molecule has 132 valence electrons. The first-order valence-corrected chi connectivity index (χ1v) is 8.88. The summed E-state index contributed by atoms with van der Waals surface area (Å²) in [6.45, 7) is 0. The first-order valence-electron chi connectivity index (χ1n) is 8.09. The largest absolute Gasteiger partial charge is 0.397 e. The Bertz CT molecular complexity index is 737. The van der Waals surface area contributed by atoms with Crippen LogP contribution in [0.2, 0.25) is 0 Å². The van der Waals surface area contributed by atoms with Crippen molar-refractivity contribution in [1.29, 1.82) is 0 Å². The number of nitrogens with two attached hydrogens (primary N) is 1. The van der Waals surface area contributed by atoms with Crippen LogP contribution in [0, 0.1) is 0 Å². The van der Waals surface area contributed by atoms with Gasteiger partial charge in [-0.1, -0.05) is 18.6 Å². The summed E-state index contributed by atoms with van der Waals surface area (Å²) in [5, 5.41) is 5.59. The van der Waals surface area contributed by atoms with E-state index in [9.17, 15) is 9.59 Å². The molecule has 0 unspecified atom stereocenters. The Morgan fingerprint density at radius 3 is 2.36 bits per heavy atom. The van der Waals surface area contributed by atoms with Crippen molar-refractivity contribution >= 4 is 44.8 Å². The smallest absolute Gasteiger partial charge is 0.224 e. The van der Waals surface area contributed by atoms with Gasteiger partial charge in [0, 0.05) is 23.5 Å². The van der Waals surface area contributed by atoms with E-state index in [4.69, 9.17) is 5.73 Å². The van der Waals surface area contributed by atoms with Crippen molar-refractivity contribution in [2.24, 2.45) is 0 Å². The summed E-state index contributed by atoms with van der Waals surface area (Å²) in [4.78, 5) is 27.7. The Hall–Kier alpha value is -2.41. The van der Waals surface area contributed by atoms with Crippen molar-refractivity contribution < 1.29 is 9.59 Å². The van der Waals surface area contributed by atoms with Gasteiger partial charge in [-0.3, -0.25) is 14.6 Å². The topological polar surface area (TPSA) is 97.1 Å². The molecule has 0 spiro atoms. The zero-order valence-electron chi connectivity index (χ0n) is 13.8. The number of benzene rings is 1. The summed E-state index contributed by atoms with van der Waals surface area (Å²) in [7, 11) is 0. The van der Waals surface area contributed by atoms with Crippen molar-refractivity contribution in [2.45, 2.75) is 32.1 Å². The number of halogens is 1. The van der Waals surface area contributed by atoms with Crippen LogP contribution in [0.4, 0.5) is 17.1 Å². The number of unbranched alkanes of at least 4 members (excludes halogenated alkanes) is 2. The first kappa shape index (κ1) is 18.9. The highest BCUT2D eigenvalue weighted by atomic mass is 79.9. The molecule has 4 N–H and O–H groups in total. The third-order valence-corrected chi connectivity index (χ3v) is 3.96. The fourth-order valence-corrected chi connectivity index (χ4v) is 2.64. The van der Waals surface area contributed by atoms with E-state index in [-0.39, 0.29) is 11.8 Å². The van der Waals surface area contributed by atoms with Gasteiger partial charge in [-0.05, 0) is 47.0 Å². The van der Waals surface area contributed by atoms with Gasteiger partial charge >= 0.3 is 0 Å². The van der Waals surface area contributed by atoms with Crippen LogP contribution in [-0.4, -0.2) is 16.8 Å². The van der Waals surface area contributed by atoms with Gasteiger partial charge in [0.25, 0.3) is 0 Å². The van der Waals surface area contributed by atoms with Crippen molar-refractivity contribution in [3.63, 3.8) is 0 Å². The first-order chi connectivity index (χ1) is 12.0. The van der Waals surface area contributed by atoms with Gasteiger partial charge in [-0.2, -0.15) is 0 Å². The van der Waals surface area contributed by atoms with Crippen LogP contribution in [0.25, 0.3) is 0 Å². The van der Waals surface area contributed by atoms with E-state index in [0.29, 0.717) is 29.9 Å². The Labute approximate surface area is 155 Å². The molecule has 0 saturated carbocycles. The van der Waals surface area contributed by atoms with Gasteiger partial charge in [-0.25, -0.2) is 0 Å². The van der Waals surface area contributed by atoms with Crippen LogP contribution in [0.3, 0.4) is 0 Å². The lowest BCUT2D eigenvalue weighted by Crippen LogP contribution is -2.13. The molecular formula is C18H21BrN4O2. The molecule has 0 saturated heterocycles. The number of nitrogen functional groups attached to an aromatic ring is 1. The maximum absolute atomic E-state index is 11.9. The van der Waals surface area contributed by atoms with Crippen molar-refractivity contribution in [3.8, 4) is 0 Å². The molecule has 7 heteroatoms. The maximum atomic E-state index is 11.9. The van der Waals surface area contributed by atoms with Crippen LogP contribution in [0.15, 0.2) is 47.2 Å². The van der Waals surface area contributed by atoms with Gasteiger partial charge in [-0.15, -0.1) is 0 Å². The molecule has 1 aromatic carbocycles. The maximum Gasteiger partial charge on any atom is 0.224 e. The summed E-state index contributed by atoms with van der Waals surface area (Å²) in [6, 6.07) is 8.96. The third kappa shape index (κ3) is 6.93. The summed E-state index contributed by atoms with van der Waals surface area (Å²) >= 11 is 3.31. The number of para-hydroxylation sites is 2. The molecule has 2 amide bonds. The number of nitrogens with one attached hydrogen (secondary N) is 2. The van der Waals surface area contributed by atoms with Crippen molar-refractivity contribution in [3.05, 3.63) is 47.2 Å². The van der Waals surface area contributed by atoms with Gasteiger partial charge in [0.2, 0.25) is 11.8 Å². The highest BCUT2D eigenvalue weighted by Gasteiger charge is 2.06. The average Bonchev–Trinajstić information content (AvgIpc) is 2.56. The molecule has 6 nitrogen and oxygen atoms in total. The molecule has 0 fully saturated rings. The number of carbonyl (C=O) groups is 2. The Morgan fingerprint density at radius 2 is 1.68 bits per heavy atom. The lowest BCUT2D eigenvalue weighted by atomic mass is 10.1. The van der Waals surface area contributed by atoms with Crippen molar-refractivity contribution in [1.82, 2.24) is 4.98 Å². The molecule has 0 aliphatic heterocycles. The molecule has 1 heterocycles. The van der Waals surface area contributed by atoms with E-state index in [1.807, 2.05) is 12.1 Å². The second-order valence-corrected chi connectivity index (χ2v) is 6.55. The summed E-state index contributed by atoms with van der Waals surface area (Å²) in [6.07, 6.45) is 6.34. The van der Waals surface area contributed by atoms with Crippen LogP contribution in [0.5, 0.6) is 0 Å². The SMILES string of the molecule is Nc1ccccc1NC(=O)CCCCCC(=O)Nc1cncc(Br)c1. The van der Waals surface area contributed by atoms with E-state index in [1.165, 1.54) is 0 Å². The van der Waals surface area contributed by atoms with Gasteiger partial charge in [0.15, 0.2) is 0 Å². The highest BCUT2D eigenvalue weighted by Crippen LogP contribution is 2.17. The van der Waals surface area contributed by atoms with E-state index in [0.717, 1.165) is 23.7 Å². The monoisotopic (exact) mass is 404 g/mol. The minimum atomic E-state index is -0.0671. The van der Waals surface area contributed by atoms with Crippen LogP contribution >= 0.6 is 15.9 Å². The second-order valence-electron chi connectivity index (χ2n) is 5.64. The number of nitrogens with zero attached hydrogens (tertiary/aromatic N) is 1. The van der Waals surface area contributed by atoms with Gasteiger partial charge < -0.3 is 16.4 Å². The zero-order chi connectivity index (χ0) is 18.1. The quantitative estimate of drug-likeness (QED) is 0.458. The molecule has 0 atom stereocenters. The third-order valence-electron chi connectivity index (χ3n) is 3.53. The Kier molecular flexibility index (Phi) is 7.40. The molecule has 0 aliphatic carbocycles. The van der Waals surface area contributed by atoms with Crippen LogP contribution in [0.1, 0.15) is 32.1 Å². The highest BCUT2D eigenvalue weighted by molar-refractivity contribution is 9.10. The standard InChI is InChI=1S/C18H21BrN4O2/c19-13-10-14(12-21-11-13)22-17(24)8-2-1-3-9-18(25)23-16-7-5-4-6-15(16)20/h4-7,10-12H,1-3,8-9,20H2,(H,22,24)(H,23,25). The molecule has 0 bridgehead atoms. The number of carbonyl (C=O) groups excluding carboxylic acids is 2. The number of rotatable bonds is 8. The number of pyridine rings is 1. The number of anilines is 3. The van der Waals surface area contributed by atoms with Crippen molar-refractivity contribution in [2.75, 3.05) is 16.4 Å². The molecule has 0 radical (unpaired) electrons. The molecule has 2 aromatic rings. The second kappa shape index (κ2) is 9.78. The van der Waals surface area contributed by atoms with Crippen LogP contribution < -0.4 is 16.4 Å².